The molecule has 0 saturated carbocycles. The molecule has 0 aliphatic heterocycles. The second-order valence-electron chi connectivity index (χ2n) is 18.8. The Morgan fingerprint density at radius 2 is 0.793 bits per heavy atom. The van der Waals surface area contributed by atoms with Crippen LogP contribution in [-0.2, 0) is 57.4 Å². The van der Waals surface area contributed by atoms with Crippen molar-refractivity contribution >= 4 is 82.2 Å². The highest BCUT2D eigenvalue weighted by Crippen LogP contribution is 2.13. The molecule has 28 N–H and O–H groups in total. The molecule has 510 valence electrons. The van der Waals surface area contributed by atoms with Crippen LogP contribution >= 0.6 is 23.5 Å². The van der Waals surface area contributed by atoms with Crippen molar-refractivity contribution in [2.24, 2.45) is 34.6 Å². The number of thioether (sulfide) groups is 2. The van der Waals surface area contributed by atoms with Gasteiger partial charge >= 0.3 is 11.9 Å². The van der Waals surface area contributed by atoms with Crippen LogP contribution < -0.4 is 49.9 Å². The van der Waals surface area contributed by atoms with E-state index in [1.165, 1.54) is 18.7 Å². The van der Waals surface area contributed by atoms with E-state index in [9.17, 15) is 109 Å². The number of aliphatic hydroxyl groups excluding tert-OH is 12. The second kappa shape index (κ2) is 53.3. The van der Waals surface area contributed by atoms with Crippen molar-refractivity contribution < 1.29 is 129 Å². The zero-order valence-corrected chi connectivity index (χ0v) is 49.5. The van der Waals surface area contributed by atoms with Crippen LogP contribution in [0.1, 0.15) is 65.7 Å². The SMILES string of the molecule is C.CC(CSCC(=O)CCCNC(=O)[C@@H](O)[C@H](O)[C@H](O)[C@@H](O)C(=O)CCCNC(=O)CSCC(N)C(=O)O)C(=O)O.NCCCC(=O)[C@H](O)[C@@H](O)[C@@H](O)[C@H](O)C(=O)NCCN.NCCOCCCC(=O)[C@H](O)[C@@H](O)[C@@H](O)[C@H](O)C(=O)NCCOCCN. The topological polar surface area (TPSA) is 651 Å². The first-order chi connectivity index (χ1) is 40.4. The maximum Gasteiger partial charge on any atom is 0.321 e. The molecule has 0 aromatic heterocycles. The van der Waals surface area contributed by atoms with Gasteiger partial charge in [0.25, 0.3) is 17.7 Å². The highest BCUT2D eigenvalue weighted by Gasteiger charge is 2.39. The van der Waals surface area contributed by atoms with Crippen molar-refractivity contribution in [1.29, 1.82) is 0 Å². The molecule has 0 saturated heterocycles. The number of carboxylic acids is 2. The highest BCUT2D eigenvalue weighted by molar-refractivity contribution is 8.00. The first kappa shape index (κ1) is 88.9. The number of hydrogen-bond acceptors (Lipinski definition) is 31. The molecule has 14 atom stereocenters. The molecule has 0 bridgehead atoms. The van der Waals surface area contributed by atoms with Crippen molar-refractivity contribution in [3.8, 4) is 0 Å². The number of aliphatic carboxylic acids is 2. The van der Waals surface area contributed by atoms with Gasteiger partial charge < -0.3 is 131 Å². The third-order valence-electron chi connectivity index (χ3n) is 11.4. The molecule has 0 aliphatic rings. The molecule has 0 spiro atoms. The average Bonchev–Trinajstić information content (AvgIpc) is 3.42. The summed E-state index contributed by atoms with van der Waals surface area (Å²) in [6.07, 6.45) is -24.0. The smallest absolute Gasteiger partial charge is 0.321 e. The van der Waals surface area contributed by atoms with E-state index in [4.69, 9.17) is 48.4 Å². The molecular weight excluding hydrogens is 1210 g/mol. The van der Waals surface area contributed by atoms with Crippen LogP contribution in [0.4, 0.5) is 0 Å². The van der Waals surface area contributed by atoms with E-state index in [1.807, 2.05) is 0 Å². The van der Waals surface area contributed by atoms with Gasteiger partial charge in [0.15, 0.2) is 35.7 Å². The minimum Gasteiger partial charge on any atom is -0.481 e. The van der Waals surface area contributed by atoms with Gasteiger partial charge in [0.05, 0.1) is 37.2 Å². The number of carboxylic acid groups (broad SMARTS) is 2. The molecule has 0 aromatic rings. The van der Waals surface area contributed by atoms with Crippen LogP contribution in [0.15, 0.2) is 0 Å². The average molecular weight is 1300 g/mol. The molecule has 2 unspecified atom stereocenters. The van der Waals surface area contributed by atoms with Crippen molar-refractivity contribution in [1.82, 2.24) is 21.3 Å². The number of ether oxygens (including phenoxy) is 2. The van der Waals surface area contributed by atoms with Crippen LogP contribution in [0.5, 0.6) is 0 Å². The van der Waals surface area contributed by atoms with Gasteiger partial charge in [0, 0.05) is 89.6 Å². The van der Waals surface area contributed by atoms with Gasteiger partial charge in [-0.3, -0.25) is 47.9 Å². The Bertz CT molecular complexity index is 1850. The van der Waals surface area contributed by atoms with Gasteiger partial charge in [0.2, 0.25) is 5.91 Å². The van der Waals surface area contributed by atoms with Crippen LogP contribution in [0, 0.1) is 5.92 Å². The summed E-state index contributed by atoms with van der Waals surface area (Å²) in [4.78, 5) is 115. The van der Waals surface area contributed by atoms with Gasteiger partial charge in [-0.05, 0) is 32.2 Å². The number of amides is 4. The number of ketones is 4. The lowest BCUT2D eigenvalue weighted by Gasteiger charge is -2.25. The number of nitrogens with one attached hydrogen (secondary N) is 4. The van der Waals surface area contributed by atoms with Crippen molar-refractivity contribution in [3.63, 3.8) is 0 Å². The summed E-state index contributed by atoms with van der Waals surface area (Å²) in [5.41, 5.74) is 26.1. The van der Waals surface area contributed by atoms with E-state index >= 15 is 0 Å². The predicted octanol–water partition coefficient (Wildman–Crippen LogP) is -10.7. The van der Waals surface area contributed by atoms with Gasteiger partial charge in [0.1, 0.15) is 66.8 Å². The molecule has 0 aliphatic carbocycles. The number of Topliss-reactive ketones (excluding diaryl/α,β-unsaturated/α-hetero) is 4. The summed E-state index contributed by atoms with van der Waals surface area (Å²) in [5, 5.41) is 144. The van der Waals surface area contributed by atoms with Gasteiger partial charge in [-0.2, -0.15) is 11.8 Å². The lowest BCUT2D eigenvalue weighted by molar-refractivity contribution is -0.154. The fourth-order valence-electron chi connectivity index (χ4n) is 6.23. The van der Waals surface area contributed by atoms with E-state index < -0.39 is 138 Å². The quantitative estimate of drug-likeness (QED) is 0.0252. The Labute approximate surface area is 512 Å². The Balaban J connectivity index is -0.000000632. The van der Waals surface area contributed by atoms with E-state index in [-0.39, 0.29) is 127 Å². The first-order valence-corrected chi connectivity index (χ1v) is 29.4. The highest BCUT2D eigenvalue weighted by atomic mass is 32.2. The summed E-state index contributed by atoms with van der Waals surface area (Å²) in [6, 6.07) is -1.10. The monoisotopic (exact) mass is 1300 g/mol. The minimum absolute atomic E-state index is 0. The van der Waals surface area contributed by atoms with Crippen LogP contribution in [0.2, 0.25) is 0 Å². The molecular formula is C50H97N9O26S2. The van der Waals surface area contributed by atoms with Crippen LogP contribution in [-0.4, -0.2) is 311 Å². The molecule has 0 radical (unpaired) electrons. The Morgan fingerprint density at radius 3 is 1.22 bits per heavy atom. The number of hydrogen-bond donors (Lipinski definition) is 23. The van der Waals surface area contributed by atoms with Crippen molar-refractivity contribution in [2.75, 3.05) is 102 Å². The molecule has 0 fully saturated rings. The number of nitrogens with two attached hydrogens (primary N) is 5. The molecule has 0 aromatic carbocycles. The number of rotatable bonds is 49. The van der Waals surface area contributed by atoms with E-state index in [0.717, 1.165) is 11.8 Å². The fourth-order valence-corrected chi connectivity index (χ4v) is 8.02. The van der Waals surface area contributed by atoms with Crippen LogP contribution in [0.3, 0.4) is 0 Å². The predicted molar refractivity (Wildman–Crippen MR) is 313 cm³/mol. The maximum atomic E-state index is 12.1. The first-order valence-electron chi connectivity index (χ1n) is 27.1. The van der Waals surface area contributed by atoms with E-state index in [1.54, 1.807) is 0 Å². The zero-order chi connectivity index (χ0) is 66.5. The summed E-state index contributed by atoms with van der Waals surface area (Å²) in [5.74, 6) is -8.32. The lowest BCUT2D eigenvalue weighted by Crippen LogP contribution is -2.53. The van der Waals surface area contributed by atoms with Gasteiger partial charge in [-0.15, -0.1) is 11.8 Å². The fraction of sp³-hybridized carbons (Fsp3) is 0.800. The van der Waals surface area contributed by atoms with Gasteiger partial charge in [-0.25, -0.2) is 0 Å². The largest absolute Gasteiger partial charge is 0.481 e. The summed E-state index contributed by atoms with van der Waals surface area (Å²) >= 11 is 2.20. The Morgan fingerprint density at radius 1 is 0.414 bits per heavy atom. The molecule has 0 heterocycles. The third kappa shape index (κ3) is 41.4. The molecule has 87 heavy (non-hydrogen) atoms. The molecule has 37 heteroatoms. The lowest BCUT2D eigenvalue weighted by atomic mass is 9.97. The second-order valence-corrected chi connectivity index (χ2v) is 20.8. The zero-order valence-electron chi connectivity index (χ0n) is 47.9. The Kier molecular flexibility index (Phi) is 54.4. The third-order valence-corrected chi connectivity index (χ3v) is 13.7. The number of carbonyl (C=O) groups is 10. The standard InChI is InChI=1S/C23H39N3O12S2.C15H31N3O8.C11H23N3O6.CH4/c1-12(22(35)36)8-39-9-13(27)4-2-7-26-21(34)20(33)19(32)18(31)17(30)15(28)5-3-6-25-16(29)11-40-10-14(24)23(37)38;16-3-7-25-6-1-2-10(19)11(20)12(21)13(22)14(23)15(24)18-5-9-26-8-4-17;12-3-1-2-6(15)7(16)8(17)9(18)10(19)11(20)14-5-4-13;/h12,14,17-20,30-33H,2-11,24H2,1H3,(H,25,29)(H,26,34)(H,35,36)(H,37,38);11-14,20-23H,1-9,16-17H2,(H,18,24);7-10,16-19H,1-5,12-13H2,(H,14,20);1H4/t12?,14?,17-,18+,19+,20-;11-,12+,13+,14-;7-,8+,9+,10-;/m000./s1. The number of carbonyl (C=O) groups excluding carboxylic acids is 8. The van der Waals surface area contributed by atoms with E-state index in [0.29, 0.717) is 39.1 Å². The van der Waals surface area contributed by atoms with Gasteiger partial charge in [-0.1, -0.05) is 14.4 Å². The van der Waals surface area contributed by atoms with Crippen LogP contribution in [0.25, 0.3) is 0 Å². The summed E-state index contributed by atoms with van der Waals surface area (Å²) in [7, 11) is 0. The van der Waals surface area contributed by atoms with E-state index in [2.05, 4.69) is 21.3 Å². The summed E-state index contributed by atoms with van der Waals surface area (Å²) in [6.45, 7) is 3.77. The number of aliphatic hydroxyl groups is 12. The normalized spacial score (nSPS) is 15.9. The molecule has 4 amide bonds. The Hall–Kier alpha value is -4.56. The van der Waals surface area contributed by atoms with Crippen molar-refractivity contribution in [3.05, 3.63) is 0 Å². The molecule has 0 rings (SSSR count). The maximum absolute atomic E-state index is 12.1. The minimum atomic E-state index is -2.19. The molecule has 35 nitrogen and oxygen atoms in total. The summed E-state index contributed by atoms with van der Waals surface area (Å²) < 4.78 is 10.1. The van der Waals surface area contributed by atoms with Crippen molar-refractivity contribution in [2.45, 2.75) is 145 Å².